The molecule has 0 heterocycles. The molecule has 0 aliphatic heterocycles. The summed E-state index contributed by atoms with van der Waals surface area (Å²) in [6.07, 6.45) is 0.801. The van der Waals surface area contributed by atoms with Crippen LogP contribution in [-0.2, 0) is 20.7 Å². The second-order valence-corrected chi connectivity index (χ2v) is 6.02. The van der Waals surface area contributed by atoms with E-state index in [1.54, 1.807) is 6.07 Å². The van der Waals surface area contributed by atoms with Crippen LogP contribution in [0.15, 0.2) is 66.7 Å². The van der Waals surface area contributed by atoms with Crippen LogP contribution in [0.2, 0.25) is 0 Å². The van der Waals surface area contributed by atoms with Gasteiger partial charge < -0.3 is 14.8 Å². The number of hydrogen-bond donors (Lipinski definition) is 1. The molecule has 1 N–H and O–H groups in total. The van der Waals surface area contributed by atoms with Crippen LogP contribution in [-0.4, -0.2) is 25.1 Å². The number of fused-ring (bicyclic) bond motifs is 1. The zero-order chi connectivity index (χ0) is 19.1. The molecule has 0 aliphatic carbocycles. The summed E-state index contributed by atoms with van der Waals surface area (Å²) in [4.78, 5) is 23.8. The van der Waals surface area contributed by atoms with Crippen LogP contribution < -0.4 is 10.1 Å². The van der Waals surface area contributed by atoms with Crippen LogP contribution >= 0.6 is 0 Å². The molecular formula is C22H21NO4. The lowest BCUT2D eigenvalue weighted by atomic mass is 10.1. The highest BCUT2D eigenvalue weighted by Gasteiger charge is 2.10. The summed E-state index contributed by atoms with van der Waals surface area (Å²) in [5.74, 6) is -0.399. The molecule has 0 atom stereocenters. The number of nitrogens with one attached hydrogen (secondary N) is 1. The maximum Gasteiger partial charge on any atom is 0.344 e. The Kier molecular flexibility index (Phi) is 6.05. The largest absolute Gasteiger partial charge is 0.482 e. The quantitative estimate of drug-likeness (QED) is 0.645. The van der Waals surface area contributed by atoms with E-state index < -0.39 is 5.97 Å². The molecule has 5 heteroatoms. The second-order valence-electron chi connectivity index (χ2n) is 6.02. The lowest BCUT2D eigenvalue weighted by molar-refractivity contribution is -0.149. The number of carbonyl (C=O) groups is 2. The molecule has 0 saturated carbocycles. The Hall–Kier alpha value is -3.34. The van der Waals surface area contributed by atoms with Gasteiger partial charge in [-0.15, -0.1) is 0 Å². The summed E-state index contributed by atoms with van der Waals surface area (Å²) < 4.78 is 10.4. The summed E-state index contributed by atoms with van der Waals surface area (Å²) in [5.41, 5.74) is 1.75. The molecule has 0 unspecified atom stereocenters. The van der Waals surface area contributed by atoms with Crippen molar-refractivity contribution in [2.45, 2.75) is 13.3 Å². The van der Waals surface area contributed by atoms with E-state index in [4.69, 9.17) is 9.47 Å². The van der Waals surface area contributed by atoms with Crippen LogP contribution in [0.25, 0.3) is 10.8 Å². The van der Waals surface area contributed by atoms with Crippen LogP contribution in [0.1, 0.15) is 12.5 Å². The van der Waals surface area contributed by atoms with Crippen molar-refractivity contribution in [3.05, 3.63) is 72.3 Å². The minimum absolute atomic E-state index is 0.253. The number of esters is 1. The van der Waals surface area contributed by atoms with Gasteiger partial charge in [-0.1, -0.05) is 55.5 Å². The van der Waals surface area contributed by atoms with Crippen molar-refractivity contribution in [3.63, 3.8) is 0 Å². The fourth-order valence-electron chi connectivity index (χ4n) is 2.72. The molecule has 0 aliphatic rings. The van der Waals surface area contributed by atoms with Gasteiger partial charge in [-0.2, -0.15) is 0 Å². The number of hydrogen-bond acceptors (Lipinski definition) is 4. The van der Waals surface area contributed by atoms with Crippen molar-refractivity contribution in [1.82, 2.24) is 0 Å². The molecule has 0 bridgehead atoms. The Balaban J connectivity index is 1.46. The highest BCUT2D eigenvalue weighted by Crippen LogP contribution is 2.20. The van der Waals surface area contributed by atoms with Gasteiger partial charge >= 0.3 is 5.97 Å². The van der Waals surface area contributed by atoms with Gasteiger partial charge in [-0.3, -0.25) is 4.79 Å². The van der Waals surface area contributed by atoms with Gasteiger partial charge in [0.2, 0.25) is 0 Å². The predicted molar refractivity (Wildman–Crippen MR) is 105 cm³/mol. The van der Waals surface area contributed by atoms with Crippen molar-refractivity contribution in [3.8, 4) is 5.75 Å². The highest BCUT2D eigenvalue weighted by molar-refractivity contribution is 5.93. The number of aryl methyl sites for hydroxylation is 1. The van der Waals surface area contributed by atoms with E-state index in [1.807, 2.05) is 67.6 Å². The molecule has 138 valence electrons. The number of anilines is 1. The molecule has 3 rings (SSSR count). The smallest absolute Gasteiger partial charge is 0.344 e. The molecular weight excluding hydrogens is 342 g/mol. The van der Waals surface area contributed by atoms with E-state index in [2.05, 4.69) is 5.32 Å². The number of benzene rings is 3. The van der Waals surface area contributed by atoms with Gasteiger partial charge in [0, 0.05) is 5.69 Å². The van der Waals surface area contributed by atoms with E-state index in [0.717, 1.165) is 28.4 Å². The standard InChI is InChI=1S/C22H21NO4/c1-2-16-7-5-6-10-20(16)23-21(24)14-27-22(25)15-26-19-12-11-17-8-3-4-9-18(17)13-19/h3-13H,2,14-15H2,1H3,(H,23,24). The summed E-state index contributed by atoms with van der Waals surface area (Å²) in [7, 11) is 0. The Morgan fingerprint density at radius 1 is 0.889 bits per heavy atom. The first kappa shape index (κ1) is 18.5. The zero-order valence-corrected chi connectivity index (χ0v) is 15.1. The number of carbonyl (C=O) groups excluding carboxylic acids is 2. The van der Waals surface area contributed by atoms with Crippen LogP contribution in [0.3, 0.4) is 0 Å². The third kappa shape index (κ3) is 5.07. The summed E-state index contributed by atoms with van der Waals surface area (Å²) in [5, 5.41) is 4.87. The summed E-state index contributed by atoms with van der Waals surface area (Å²) in [6, 6.07) is 21.0. The van der Waals surface area contributed by atoms with Crippen molar-refractivity contribution < 1.29 is 19.1 Å². The van der Waals surface area contributed by atoms with Crippen molar-refractivity contribution in [2.75, 3.05) is 18.5 Å². The van der Waals surface area contributed by atoms with Gasteiger partial charge in [0.05, 0.1) is 0 Å². The van der Waals surface area contributed by atoms with Crippen molar-refractivity contribution in [1.29, 1.82) is 0 Å². The average molecular weight is 363 g/mol. The van der Waals surface area contributed by atoms with Crippen molar-refractivity contribution >= 4 is 28.3 Å². The minimum Gasteiger partial charge on any atom is -0.482 e. The average Bonchev–Trinajstić information content (AvgIpc) is 2.71. The Bertz CT molecular complexity index is 952. The first-order valence-electron chi connectivity index (χ1n) is 8.80. The normalized spacial score (nSPS) is 10.4. The topological polar surface area (TPSA) is 64.6 Å². The summed E-state index contributed by atoms with van der Waals surface area (Å²) >= 11 is 0. The van der Waals surface area contributed by atoms with Gasteiger partial charge in [0.25, 0.3) is 5.91 Å². The monoisotopic (exact) mass is 363 g/mol. The van der Waals surface area contributed by atoms with E-state index in [0.29, 0.717) is 5.75 Å². The fraction of sp³-hybridized carbons (Fsp3) is 0.182. The maximum absolute atomic E-state index is 12.0. The first-order chi connectivity index (χ1) is 13.2. The molecule has 3 aromatic carbocycles. The molecule has 0 spiro atoms. The Morgan fingerprint density at radius 3 is 2.44 bits per heavy atom. The first-order valence-corrected chi connectivity index (χ1v) is 8.80. The molecule has 27 heavy (non-hydrogen) atoms. The Labute approximate surface area is 157 Å². The molecule has 0 aromatic heterocycles. The second kappa shape index (κ2) is 8.85. The molecule has 1 amide bonds. The number of para-hydroxylation sites is 1. The molecule has 5 nitrogen and oxygen atoms in total. The van der Waals surface area contributed by atoms with Gasteiger partial charge in [-0.25, -0.2) is 4.79 Å². The van der Waals surface area contributed by atoms with E-state index in [9.17, 15) is 9.59 Å². The molecule has 0 radical (unpaired) electrons. The van der Waals surface area contributed by atoms with E-state index >= 15 is 0 Å². The SMILES string of the molecule is CCc1ccccc1NC(=O)COC(=O)COc1ccc2ccccc2c1. The lowest BCUT2D eigenvalue weighted by Crippen LogP contribution is -2.24. The van der Waals surface area contributed by atoms with Gasteiger partial charge in [0.15, 0.2) is 13.2 Å². The van der Waals surface area contributed by atoms with E-state index in [1.165, 1.54) is 0 Å². The maximum atomic E-state index is 12.0. The minimum atomic E-state index is -0.595. The number of rotatable bonds is 7. The third-order valence-corrected chi connectivity index (χ3v) is 4.11. The highest BCUT2D eigenvalue weighted by atomic mass is 16.6. The molecule has 0 saturated heterocycles. The van der Waals surface area contributed by atoms with Crippen LogP contribution in [0.5, 0.6) is 5.75 Å². The fourth-order valence-corrected chi connectivity index (χ4v) is 2.72. The summed E-state index contributed by atoms with van der Waals surface area (Å²) in [6.45, 7) is 1.41. The zero-order valence-electron chi connectivity index (χ0n) is 15.1. The predicted octanol–water partition coefficient (Wildman–Crippen LogP) is 3.96. The van der Waals surface area contributed by atoms with Crippen LogP contribution in [0.4, 0.5) is 5.69 Å². The number of amides is 1. The van der Waals surface area contributed by atoms with Crippen molar-refractivity contribution in [2.24, 2.45) is 0 Å². The van der Waals surface area contributed by atoms with Gasteiger partial charge in [0.1, 0.15) is 5.75 Å². The third-order valence-electron chi connectivity index (χ3n) is 4.11. The van der Waals surface area contributed by atoms with E-state index in [-0.39, 0.29) is 19.1 Å². The van der Waals surface area contributed by atoms with Crippen LogP contribution in [0, 0.1) is 0 Å². The molecule has 3 aromatic rings. The lowest BCUT2D eigenvalue weighted by Gasteiger charge is -2.10. The molecule has 0 fully saturated rings. The van der Waals surface area contributed by atoms with Gasteiger partial charge in [-0.05, 0) is 41.0 Å². The Morgan fingerprint density at radius 2 is 1.63 bits per heavy atom. The number of ether oxygens (including phenoxy) is 2.